The van der Waals surface area contributed by atoms with Gasteiger partial charge in [0.15, 0.2) is 0 Å². The molecule has 0 spiro atoms. The van der Waals surface area contributed by atoms with Gasteiger partial charge >= 0.3 is 0 Å². The first-order valence-electron chi connectivity index (χ1n) is 12.2. The number of nitrogens with zero attached hydrogens (tertiary/aromatic N) is 3. The van der Waals surface area contributed by atoms with Gasteiger partial charge in [0.2, 0.25) is 0 Å². The Kier molecular flexibility index (Phi) is 5.12. The number of pyridine rings is 1. The maximum atomic E-state index is 13.9. The molecule has 1 N–H and O–H groups in total. The molecule has 6 rings (SSSR count). The summed E-state index contributed by atoms with van der Waals surface area (Å²) >= 11 is 0. The third-order valence-corrected chi connectivity index (χ3v) is 8.08. The molecule has 2 bridgehead atoms. The number of aromatic amines is 1. The molecule has 4 unspecified atom stereocenters. The van der Waals surface area contributed by atoms with E-state index in [1.54, 1.807) is 31.1 Å². The average Bonchev–Trinajstić information content (AvgIpc) is 3.55. The summed E-state index contributed by atoms with van der Waals surface area (Å²) in [6.07, 6.45) is 7.61. The van der Waals surface area contributed by atoms with Crippen LogP contribution in [0.25, 0.3) is 21.9 Å². The summed E-state index contributed by atoms with van der Waals surface area (Å²) in [6.45, 7) is 0. The van der Waals surface area contributed by atoms with Crippen molar-refractivity contribution in [2.75, 3.05) is 14.1 Å². The molecule has 0 radical (unpaired) electrons. The van der Waals surface area contributed by atoms with Gasteiger partial charge in [0, 0.05) is 37.7 Å². The highest BCUT2D eigenvalue weighted by atomic mass is 19.1. The highest BCUT2D eigenvalue weighted by molar-refractivity contribution is 5.97. The van der Waals surface area contributed by atoms with Crippen LogP contribution in [0, 0.1) is 23.6 Å². The second kappa shape index (κ2) is 8.19. The summed E-state index contributed by atoms with van der Waals surface area (Å²) in [7, 11) is 3.53. The molecule has 6 heteroatoms. The van der Waals surface area contributed by atoms with Crippen molar-refractivity contribution in [1.82, 2.24) is 19.9 Å². The number of aromatic nitrogens is 3. The Balaban J connectivity index is 1.14. The smallest absolute Gasteiger partial charge is 0.253 e. The lowest BCUT2D eigenvalue weighted by Gasteiger charge is -2.29. The van der Waals surface area contributed by atoms with Crippen LogP contribution in [0.2, 0.25) is 0 Å². The minimum absolute atomic E-state index is 0.000649. The number of H-pyrrole nitrogens is 1. The van der Waals surface area contributed by atoms with Crippen molar-refractivity contribution in [3.8, 4) is 0 Å². The summed E-state index contributed by atoms with van der Waals surface area (Å²) < 4.78 is 13.9. The Labute approximate surface area is 198 Å². The standard InChI is InChI=1S/C28H29FN4O/c1-33(2)28(34)17-3-6-25-26(14-17)32-27(31-25)8-4-16-11-19-12-18(16)13-22(19)21-9-10-30-24-7-5-20(29)15-23(21)24/h3,5-7,9-10,14-16,18-19,22H,4,8,11-13H2,1-2H3,(H,31,32). The van der Waals surface area contributed by atoms with Gasteiger partial charge in [-0.15, -0.1) is 0 Å². The van der Waals surface area contributed by atoms with Crippen LogP contribution in [0.4, 0.5) is 4.39 Å². The molecule has 2 aromatic heterocycles. The van der Waals surface area contributed by atoms with E-state index in [4.69, 9.17) is 4.98 Å². The van der Waals surface area contributed by atoms with E-state index >= 15 is 0 Å². The van der Waals surface area contributed by atoms with Crippen molar-refractivity contribution >= 4 is 27.8 Å². The monoisotopic (exact) mass is 456 g/mol. The van der Waals surface area contributed by atoms with Crippen LogP contribution in [0.5, 0.6) is 0 Å². The van der Waals surface area contributed by atoms with E-state index in [0.717, 1.165) is 46.5 Å². The number of amides is 1. The van der Waals surface area contributed by atoms with E-state index in [2.05, 4.69) is 16.0 Å². The molecule has 174 valence electrons. The first-order valence-corrected chi connectivity index (χ1v) is 12.2. The number of carbonyl (C=O) groups is 1. The van der Waals surface area contributed by atoms with Crippen LogP contribution in [-0.2, 0) is 6.42 Å². The molecule has 2 aromatic carbocycles. The number of nitrogens with one attached hydrogen (secondary N) is 1. The molecular weight excluding hydrogens is 427 g/mol. The second-order valence-corrected chi connectivity index (χ2v) is 10.3. The second-order valence-electron chi connectivity index (χ2n) is 10.3. The molecule has 2 heterocycles. The van der Waals surface area contributed by atoms with Gasteiger partial charge in [-0.2, -0.15) is 0 Å². The molecule has 5 nitrogen and oxygen atoms in total. The number of aryl methyl sites for hydroxylation is 1. The lowest BCUT2D eigenvalue weighted by atomic mass is 9.76. The first kappa shape index (κ1) is 21.3. The quantitative estimate of drug-likeness (QED) is 0.418. The lowest BCUT2D eigenvalue weighted by Crippen LogP contribution is -2.21. The van der Waals surface area contributed by atoms with E-state index in [0.29, 0.717) is 23.3 Å². The van der Waals surface area contributed by atoms with Crippen LogP contribution in [-0.4, -0.2) is 39.9 Å². The molecule has 4 atom stereocenters. The molecule has 2 fully saturated rings. The number of hydrogen-bond donors (Lipinski definition) is 1. The number of carbonyl (C=O) groups excluding carboxylic acids is 1. The third kappa shape index (κ3) is 3.65. The van der Waals surface area contributed by atoms with E-state index in [-0.39, 0.29) is 11.7 Å². The predicted molar refractivity (Wildman–Crippen MR) is 131 cm³/mol. The highest BCUT2D eigenvalue weighted by Gasteiger charge is 2.46. The van der Waals surface area contributed by atoms with Crippen LogP contribution in [0.15, 0.2) is 48.7 Å². The fourth-order valence-electron chi connectivity index (χ4n) is 6.49. The van der Waals surface area contributed by atoms with Crippen LogP contribution < -0.4 is 0 Å². The van der Waals surface area contributed by atoms with E-state index in [1.807, 2.05) is 24.4 Å². The maximum Gasteiger partial charge on any atom is 0.253 e. The number of hydrogen-bond acceptors (Lipinski definition) is 3. The highest BCUT2D eigenvalue weighted by Crippen LogP contribution is 2.57. The van der Waals surface area contributed by atoms with Crippen molar-refractivity contribution in [2.45, 2.75) is 38.0 Å². The van der Waals surface area contributed by atoms with Gasteiger partial charge in [0.1, 0.15) is 11.6 Å². The van der Waals surface area contributed by atoms with Crippen LogP contribution in [0.1, 0.15) is 53.3 Å². The number of imidazole rings is 1. The zero-order valence-electron chi connectivity index (χ0n) is 19.6. The third-order valence-electron chi connectivity index (χ3n) is 8.08. The van der Waals surface area contributed by atoms with Crippen LogP contribution >= 0.6 is 0 Å². The fourth-order valence-corrected chi connectivity index (χ4v) is 6.49. The fraction of sp³-hybridized carbons (Fsp3) is 0.393. The number of benzene rings is 2. The van der Waals surface area contributed by atoms with Gasteiger partial charge in [-0.3, -0.25) is 9.78 Å². The molecule has 1 amide bonds. The summed E-state index contributed by atoms with van der Waals surface area (Å²) in [4.78, 5) is 26.5. The van der Waals surface area contributed by atoms with Gasteiger partial charge in [-0.1, -0.05) is 0 Å². The number of fused-ring (bicyclic) bond motifs is 4. The molecule has 0 aliphatic heterocycles. The summed E-state index contributed by atoms with van der Waals surface area (Å²) in [5, 5.41) is 0.978. The summed E-state index contributed by atoms with van der Waals surface area (Å²) in [5.74, 6) is 3.42. The molecule has 2 aliphatic rings. The SMILES string of the molecule is CN(C)C(=O)c1ccc2nc(CCC3CC4CC3CC4c3ccnc4ccc(F)cc34)[nH]c2c1. The zero-order valence-corrected chi connectivity index (χ0v) is 19.6. The van der Waals surface area contributed by atoms with Gasteiger partial charge in [-0.05, 0) is 97.4 Å². The summed E-state index contributed by atoms with van der Waals surface area (Å²) in [6, 6.07) is 12.7. The van der Waals surface area contributed by atoms with Crippen molar-refractivity contribution in [3.63, 3.8) is 0 Å². The number of halogens is 1. The molecular formula is C28H29FN4O. The molecule has 0 saturated heterocycles. The minimum atomic E-state index is -0.188. The van der Waals surface area contributed by atoms with Gasteiger partial charge in [0.25, 0.3) is 5.91 Å². The zero-order chi connectivity index (χ0) is 23.4. The topological polar surface area (TPSA) is 61.9 Å². The van der Waals surface area contributed by atoms with Gasteiger partial charge in [0.05, 0.1) is 16.6 Å². The van der Waals surface area contributed by atoms with Gasteiger partial charge < -0.3 is 9.88 Å². The predicted octanol–water partition coefficient (Wildman–Crippen LogP) is 5.71. The average molecular weight is 457 g/mol. The Hall–Kier alpha value is -3.28. The Morgan fingerprint density at radius 3 is 2.71 bits per heavy atom. The maximum absolute atomic E-state index is 13.9. The lowest BCUT2D eigenvalue weighted by molar-refractivity contribution is 0.0827. The Morgan fingerprint density at radius 2 is 1.91 bits per heavy atom. The largest absolute Gasteiger partial charge is 0.345 e. The van der Waals surface area contributed by atoms with E-state index in [9.17, 15) is 9.18 Å². The molecule has 4 aromatic rings. The first-order chi connectivity index (χ1) is 16.5. The van der Waals surface area contributed by atoms with E-state index < -0.39 is 0 Å². The normalized spacial score (nSPS) is 23.7. The van der Waals surface area contributed by atoms with Gasteiger partial charge in [-0.25, -0.2) is 9.37 Å². The van der Waals surface area contributed by atoms with Crippen molar-refractivity contribution in [3.05, 3.63) is 71.4 Å². The Bertz CT molecular complexity index is 1390. The Morgan fingerprint density at radius 1 is 1.06 bits per heavy atom. The van der Waals surface area contributed by atoms with Crippen molar-refractivity contribution in [2.24, 2.45) is 17.8 Å². The van der Waals surface area contributed by atoms with Crippen molar-refractivity contribution in [1.29, 1.82) is 0 Å². The van der Waals surface area contributed by atoms with E-state index in [1.165, 1.54) is 30.9 Å². The molecule has 2 saturated carbocycles. The summed E-state index contributed by atoms with van der Waals surface area (Å²) in [5.41, 5.74) is 4.67. The van der Waals surface area contributed by atoms with Crippen molar-refractivity contribution < 1.29 is 9.18 Å². The minimum Gasteiger partial charge on any atom is -0.345 e. The number of rotatable bonds is 5. The molecule has 2 aliphatic carbocycles. The van der Waals surface area contributed by atoms with Crippen LogP contribution in [0.3, 0.4) is 0 Å². The molecule has 34 heavy (non-hydrogen) atoms.